The summed E-state index contributed by atoms with van der Waals surface area (Å²) in [5.74, 6) is 1.19. The molecule has 0 fully saturated rings. The number of fused-ring (bicyclic) bond motifs is 1. The molecule has 0 aliphatic carbocycles. The number of hydrogen-bond acceptors (Lipinski definition) is 6. The number of hydrazone groups is 1. The van der Waals surface area contributed by atoms with Gasteiger partial charge in [0.15, 0.2) is 11.2 Å². The topological polar surface area (TPSA) is 95.4 Å². The van der Waals surface area contributed by atoms with E-state index in [2.05, 4.69) is 15.5 Å². The third-order valence-corrected chi connectivity index (χ3v) is 4.23. The lowest BCUT2D eigenvalue weighted by Gasteiger charge is -2.06. The SMILES string of the molecule is CCOc1ccc(C=NNc2nc3c(c(=O)n(C)c(=O)n3C)n2CC)cc1. The summed E-state index contributed by atoms with van der Waals surface area (Å²) < 4.78 is 9.53. The smallest absolute Gasteiger partial charge is 0.332 e. The molecule has 1 N–H and O–H groups in total. The Morgan fingerprint density at radius 2 is 1.85 bits per heavy atom. The van der Waals surface area contributed by atoms with Gasteiger partial charge >= 0.3 is 5.69 Å². The zero-order valence-electron chi connectivity index (χ0n) is 15.8. The van der Waals surface area contributed by atoms with Crippen LogP contribution < -0.4 is 21.4 Å². The maximum absolute atomic E-state index is 12.5. The molecule has 0 aliphatic rings. The second-order valence-corrected chi connectivity index (χ2v) is 5.93. The van der Waals surface area contributed by atoms with Gasteiger partial charge in [0.2, 0.25) is 5.95 Å². The van der Waals surface area contributed by atoms with Gasteiger partial charge in [-0.15, -0.1) is 0 Å². The van der Waals surface area contributed by atoms with Gasteiger partial charge in [0, 0.05) is 20.6 Å². The predicted molar refractivity (Wildman–Crippen MR) is 105 cm³/mol. The van der Waals surface area contributed by atoms with Crippen molar-refractivity contribution in [2.24, 2.45) is 19.2 Å². The van der Waals surface area contributed by atoms with Crippen molar-refractivity contribution in [2.45, 2.75) is 20.4 Å². The molecule has 9 heteroatoms. The summed E-state index contributed by atoms with van der Waals surface area (Å²) in [6.07, 6.45) is 1.65. The van der Waals surface area contributed by atoms with Crippen molar-refractivity contribution in [2.75, 3.05) is 12.0 Å². The second-order valence-electron chi connectivity index (χ2n) is 5.93. The first kappa shape index (κ1) is 18.4. The van der Waals surface area contributed by atoms with Gasteiger partial charge in [0.1, 0.15) is 5.75 Å². The number of aromatic nitrogens is 4. The van der Waals surface area contributed by atoms with E-state index in [1.54, 1.807) is 17.8 Å². The molecule has 1 aromatic carbocycles. The zero-order valence-corrected chi connectivity index (χ0v) is 15.8. The van der Waals surface area contributed by atoms with E-state index in [1.807, 2.05) is 38.1 Å². The molecule has 9 nitrogen and oxygen atoms in total. The molecule has 0 atom stereocenters. The highest BCUT2D eigenvalue weighted by molar-refractivity contribution is 5.80. The van der Waals surface area contributed by atoms with E-state index < -0.39 is 5.69 Å². The summed E-state index contributed by atoms with van der Waals surface area (Å²) in [6, 6.07) is 7.51. The molecule has 0 amide bonds. The first-order valence-corrected chi connectivity index (χ1v) is 8.66. The standard InChI is InChI=1S/C18H22N6O3/c1-5-24-14-15(22(3)18(26)23(4)16(14)25)20-17(24)21-19-11-12-7-9-13(10-8-12)27-6-2/h7-11H,5-6H2,1-4H3,(H,20,21). The van der Waals surface area contributed by atoms with E-state index in [-0.39, 0.29) is 5.56 Å². The fourth-order valence-corrected chi connectivity index (χ4v) is 2.82. The van der Waals surface area contributed by atoms with Crippen molar-refractivity contribution in [3.8, 4) is 5.75 Å². The minimum Gasteiger partial charge on any atom is -0.494 e. The molecule has 3 aromatic rings. The van der Waals surface area contributed by atoms with E-state index >= 15 is 0 Å². The number of imidazole rings is 1. The van der Waals surface area contributed by atoms with Crippen LogP contribution >= 0.6 is 0 Å². The molecular formula is C18H22N6O3. The van der Waals surface area contributed by atoms with Crippen molar-refractivity contribution >= 4 is 23.3 Å². The van der Waals surface area contributed by atoms with Gasteiger partial charge in [-0.2, -0.15) is 10.1 Å². The van der Waals surface area contributed by atoms with Crippen molar-refractivity contribution < 1.29 is 4.74 Å². The maximum Gasteiger partial charge on any atom is 0.332 e. The molecule has 0 radical (unpaired) electrons. The molecule has 27 heavy (non-hydrogen) atoms. The highest BCUT2D eigenvalue weighted by atomic mass is 16.5. The molecule has 2 heterocycles. The molecule has 0 saturated heterocycles. The largest absolute Gasteiger partial charge is 0.494 e. The minimum absolute atomic E-state index is 0.323. The van der Waals surface area contributed by atoms with Crippen molar-refractivity contribution in [1.82, 2.24) is 18.7 Å². The lowest BCUT2D eigenvalue weighted by Crippen LogP contribution is -2.37. The van der Waals surface area contributed by atoms with Crippen LogP contribution in [0.4, 0.5) is 5.95 Å². The Morgan fingerprint density at radius 3 is 2.48 bits per heavy atom. The molecule has 0 unspecified atom stereocenters. The predicted octanol–water partition coefficient (Wildman–Crippen LogP) is 1.30. The summed E-state index contributed by atoms with van der Waals surface area (Å²) in [5.41, 5.74) is 3.63. The van der Waals surface area contributed by atoms with Crippen LogP contribution in [-0.2, 0) is 20.6 Å². The van der Waals surface area contributed by atoms with Crippen LogP contribution in [0.2, 0.25) is 0 Å². The van der Waals surface area contributed by atoms with E-state index in [0.717, 1.165) is 15.9 Å². The Labute approximate surface area is 155 Å². The number of hydrogen-bond donors (Lipinski definition) is 1. The van der Waals surface area contributed by atoms with Gasteiger partial charge in [0.25, 0.3) is 5.56 Å². The van der Waals surface area contributed by atoms with Gasteiger partial charge in [-0.25, -0.2) is 10.2 Å². The number of ether oxygens (including phenoxy) is 1. The normalized spacial score (nSPS) is 11.4. The number of anilines is 1. The average Bonchev–Trinajstić information content (AvgIpc) is 3.05. The molecule has 0 aliphatic heterocycles. The fourth-order valence-electron chi connectivity index (χ4n) is 2.82. The minimum atomic E-state index is -0.419. The van der Waals surface area contributed by atoms with E-state index in [0.29, 0.717) is 30.3 Å². The summed E-state index contributed by atoms with van der Waals surface area (Å²) in [5, 5.41) is 4.20. The maximum atomic E-state index is 12.5. The summed E-state index contributed by atoms with van der Waals surface area (Å²) in [4.78, 5) is 29.0. The highest BCUT2D eigenvalue weighted by Crippen LogP contribution is 2.15. The Balaban J connectivity index is 1.93. The second kappa shape index (κ2) is 7.48. The van der Waals surface area contributed by atoms with E-state index in [1.165, 1.54) is 11.6 Å². The van der Waals surface area contributed by atoms with Crippen LogP contribution in [0.25, 0.3) is 11.2 Å². The fraction of sp³-hybridized carbons (Fsp3) is 0.333. The van der Waals surface area contributed by atoms with E-state index in [4.69, 9.17) is 4.74 Å². The van der Waals surface area contributed by atoms with Crippen LogP contribution in [0.15, 0.2) is 39.0 Å². The van der Waals surface area contributed by atoms with Gasteiger partial charge < -0.3 is 9.30 Å². The molecule has 0 spiro atoms. The molecule has 0 bridgehead atoms. The Morgan fingerprint density at radius 1 is 1.15 bits per heavy atom. The summed E-state index contributed by atoms with van der Waals surface area (Å²) >= 11 is 0. The van der Waals surface area contributed by atoms with Crippen molar-refractivity contribution in [1.29, 1.82) is 0 Å². The van der Waals surface area contributed by atoms with Crippen LogP contribution in [-0.4, -0.2) is 31.5 Å². The van der Waals surface area contributed by atoms with Gasteiger partial charge in [-0.1, -0.05) is 0 Å². The average molecular weight is 370 g/mol. The molecule has 3 rings (SSSR count). The zero-order chi connectivity index (χ0) is 19.6. The van der Waals surface area contributed by atoms with Crippen LogP contribution in [0.1, 0.15) is 19.4 Å². The van der Waals surface area contributed by atoms with Crippen LogP contribution in [0, 0.1) is 0 Å². The molecule has 142 valence electrons. The third kappa shape index (κ3) is 3.35. The van der Waals surface area contributed by atoms with E-state index in [9.17, 15) is 9.59 Å². The quantitative estimate of drug-likeness (QED) is 0.521. The van der Waals surface area contributed by atoms with Gasteiger partial charge in [-0.3, -0.25) is 13.9 Å². The number of aryl methyl sites for hydroxylation is 2. The van der Waals surface area contributed by atoms with Crippen molar-refractivity contribution in [3.05, 3.63) is 50.7 Å². The van der Waals surface area contributed by atoms with Gasteiger partial charge in [-0.05, 0) is 43.7 Å². The lowest BCUT2D eigenvalue weighted by molar-refractivity contribution is 0.340. The third-order valence-electron chi connectivity index (χ3n) is 4.23. The molecular weight excluding hydrogens is 348 g/mol. The Kier molecular flexibility index (Phi) is 5.11. The van der Waals surface area contributed by atoms with Crippen LogP contribution in [0.5, 0.6) is 5.75 Å². The number of nitrogens with one attached hydrogen (secondary N) is 1. The van der Waals surface area contributed by atoms with Gasteiger partial charge in [0.05, 0.1) is 12.8 Å². The summed E-state index contributed by atoms with van der Waals surface area (Å²) in [6.45, 7) is 4.95. The molecule has 2 aromatic heterocycles. The first-order valence-electron chi connectivity index (χ1n) is 8.66. The number of benzene rings is 1. The number of nitrogens with zero attached hydrogens (tertiary/aromatic N) is 5. The summed E-state index contributed by atoms with van der Waals surface area (Å²) in [7, 11) is 3.04. The monoisotopic (exact) mass is 370 g/mol. The first-order chi connectivity index (χ1) is 13.0. The highest BCUT2D eigenvalue weighted by Gasteiger charge is 2.17. The Bertz CT molecular complexity index is 1110. The number of rotatable bonds is 6. The Hall–Kier alpha value is -3.36. The lowest BCUT2D eigenvalue weighted by atomic mass is 10.2. The van der Waals surface area contributed by atoms with Crippen molar-refractivity contribution in [3.63, 3.8) is 0 Å². The van der Waals surface area contributed by atoms with Crippen LogP contribution in [0.3, 0.4) is 0 Å². The molecule has 0 saturated carbocycles.